The summed E-state index contributed by atoms with van der Waals surface area (Å²) >= 11 is 2.60. The van der Waals surface area contributed by atoms with Gasteiger partial charge in [-0.05, 0) is 31.5 Å². The van der Waals surface area contributed by atoms with Crippen molar-refractivity contribution in [1.29, 1.82) is 0 Å². The van der Waals surface area contributed by atoms with Gasteiger partial charge in [-0.25, -0.2) is 9.78 Å². The van der Waals surface area contributed by atoms with Gasteiger partial charge < -0.3 is 10.1 Å². The van der Waals surface area contributed by atoms with Gasteiger partial charge in [-0.2, -0.15) is 0 Å². The summed E-state index contributed by atoms with van der Waals surface area (Å²) in [6.45, 7) is 3.77. The number of aryl methyl sites for hydroxylation is 1. The van der Waals surface area contributed by atoms with E-state index in [0.29, 0.717) is 22.3 Å². The van der Waals surface area contributed by atoms with Gasteiger partial charge in [-0.3, -0.25) is 4.79 Å². The lowest BCUT2D eigenvalue weighted by atomic mass is 10.1. The van der Waals surface area contributed by atoms with Crippen LogP contribution in [0.2, 0.25) is 0 Å². The molecule has 1 aromatic heterocycles. The number of esters is 1. The normalized spacial score (nSPS) is 11.6. The summed E-state index contributed by atoms with van der Waals surface area (Å²) in [5.74, 6) is -0.611. The first kappa shape index (κ1) is 20.1. The van der Waals surface area contributed by atoms with Gasteiger partial charge in [-0.1, -0.05) is 59.9 Å². The van der Waals surface area contributed by atoms with Gasteiger partial charge in [0.05, 0.1) is 12.3 Å². The summed E-state index contributed by atoms with van der Waals surface area (Å²) in [5, 5.41) is 2.80. The molecule has 0 aliphatic heterocycles. The maximum Gasteiger partial charge on any atom is 0.350 e. The van der Waals surface area contributed by atoms with Crippen molar-refractivity contribution < 1.29 is 14.3 Å². The van der Waals surface area contributed by atoms with Crippen molar-refractivity contribution in [2.75, 3.05) is 11.9 Å². The van der Waals surface area contributed by atoms with Crippen LogP contribution in [-0.2, 0) is 9.53 Å². The highest BCUT2D eigenvalue weighted by Gasteiger charge is 2.24. The van der Waals surface area contributed by atoms with Crippen LogP contribution >= 0.6 is 23.1 Å². The van der Waals surface area contributed by atoms with E-state index in [-0.39, 0.29) is 5.91 Å². The van der Waals surface area contributed by atoms with Crippen molar-refractivity contribution in [3.63, 3.8) is 0 Å². The predicted octanol–water partition coefficient (Wildman–Crippen LogP) is 5.10. The Morgan fingerprint density at radius 2 is 1.75 bits per heavy atom. The maximum absolute atomic E-state index is 13.1. The summed E-state index contributed by atoms with van der Waals surface area (Å²) in [6, 6.07) is 19.4. The number of thioether (sulfide) groups is 1. The van der Waals surface area contributed by atoms with Crippen LogP contribution in [0, 0.1) is 6.92 Å². The zero-order valence-corrected chi connectivity index (χ0v) is 17.2. The minimum Gasteiger partial charge on any atom is -0.462 e. The molecule has 144 valence electrons. The van der Waals surface area contributed by atoms with E-state index >= 15 is 0 Å². The number of thiazole rings is 1. The molecular weight excluding hydrogens is 392 g/mol. The Hall–Kier alpha value is -2.64. The molecule has 1 amide bonds. The second-order valence-electron chi connectivity index (χ2n) is 5.86. The molecule has 0 saturated heterocycles. The van der Waals surface area contributed by atoms with E-state index in [1.165, 1.54) is 11.8 Å². The molecule has 3 aromatic rings. The molecule has 0 unspecified atom stereocenters. The molecule has 0 aliphatic carbocycles. The molecule has 0 bridgehead atoms. The topological polar surface area (TPSA) is 68.3 Å². The van der Waals surface area contributed by atoms with E-state index in [0.717, 1.165) is 21.8 Å². The van der Waals surface area contributed by atoms with E-state index < -0.39 is 11.2 Å². The highest BCUT2D eigenvalue weighted by Crippen LogP contribution is 2.36. The van der Waals surface area contributed by atoms with Gasteiger partial charge in [0.1, 0.15) is 10.1 Å². The molecule has 28 heavy (non-hydrogen) atoms. The summed E-state index contributed by atoms with van der Waals surface area (Å²) in [6.07, 6.45) is 0. The highest BCUT2D eigenvalue weighted by atomic mass is 32.2. The average Bonchev–Trinajstić information content (AvgIpc) is 3.08. The number of ether oxygens (including phenoxy) is 1. The third kappa shape index (κ3) is 4.99. The monoisotopic (exact) mass is 412 g/mol. The van der Waals surface area contributed by atoms with E-state index in [2.05, 4.69) is 10.3 Å². The van der Waals surface area contributed by atoms with Gasteiger partial charge in [0.2, 0.25) is 5.91 Å². The van der Waals surface area contributed by atoms with Crippen LogP contribution in [0.1, 0.15) is 33.1 Å². The van der Waals surface area contributed by atoms with Crippen molar-refractivity contribution in [2.24, 2.45) is 0 Å². The van der Waals surface area contributed by atoms with Crippen molar-refractivity contribution in [3.05, 3.63) is 76.8 Å². The number of hydrogen-bond donors (Lipinski definition) is 1. The Morgan fingerprint density at radius 1 is 1.11 bits per heavy atom. The third-order valence-electron chi connectivity index (χ3n) is 3.83. The first-order valence-corrected chi connectivity index (χ1v) is 10.5. The molecule has 1 atom stereocenters. The molecule has 0 spiro atoms. The molecule has 5 nitrogen and oxygen atoms in total. The van der Waals surface area contributed by atoms with E-state index in [1.807, 2.05) is 60.7 Å². The number of amides is 1. The van der Waals surface area contributed by atoms with Gasteiger partial charge in [0.15, 0.2) is 5.13 Å². The lowest BCUT2D eigenvalue weighted by molar-refractivity contribution is -0.115. The molecule has 1 N–H and O–H groups in total. The highest BCUT2D eigenvalue weighted by molar-refractivity contribution is 8.00. The quantitative estimate of drug-likeness (QED) is 0.432. The molecule has 7 heteroatoms. The fourth-order valence-corrected chi connectivity index (χ4v) is 4.45. The number of anilines is 1. The van der Waals surface area contributed by atoms with Crippen molar-refractivity contribution in [1.82, 2.24) is 4.98 Å². The number of nitrogens with one attached hydrogen (secondary N) is 1. The Bertz CT molecular complexity index is 943. The summed E-state index contributed by atoms with van der Waals surface area (Å²) in [4.78, 5) is 30.8. The number of nitrogens with zero attached hydrogens (tertiary/aromatic N) is 1. The Kier molecular flexibility index (Phi) is 6.84. The molecule has 3 rings (SSSR count). The average molecular weight is 413 g/mol. The second-order valence-corrected chi connectivity index (χ2v) is 8.04. The smallest absolute Gasteiger partial charge is 0.350 e. The molecule has 0 saturated carbocycles. The molecule has 0 fully saturated rings. The SMILES string of the molecule is CCOC(=O)c1sc(NC(=O)[C@@H](Sc2ccccc2)c2ccccc2)nc1C. The van der Waals surface area contributed by atoms with E-state index in [1.54, 1.807) is 13.8 Å². The van der Waals surface area contributed by atoms with Crippen LogP contribution in [0.15, 0.2) is 65.6 Å². The lowest BCUT2D eigenvalue weighted by Gasteiger charge is -2.16. The zero-order valence-electron chi connectivity index (χ0n) is 15.5. The van der Waals surface area contributed by atoms with Crippen LogP contribution in [0.5, 0.6) is 0 Å². The van der Waals surface area contributed by atoms with Crippen LogP contribution in [0.25, 0.3) is 0 Å². The third-order valence-corrected chi connectivity index (χ3v) is 6.14. The van der Waals surface area contributed by atoms with Crippen LogP contribution in [-0.4, -0.2) is 23.5 Å². The lowest BCUT2D eigenvalue weighted by Crippen LogP contribution is -2.18. The first-order chi connectivity index (χ1) is 13.6. The largest absolute Gasteiger partial charge is 0.462 e. The van der Waals surface area contributed by atoms with Crippen molar-refractivity contribution in [2.45, 2.75) is 24.0 Å². The number of benzene rings is 2. The van der Waals surface area contributed by atoms with Gasteiger partial charge >= 0.3 is 5.97 Å². The number of carbonyl (C=O) groups is 2. The van der Waals surface area contributed by atoms with E-state index in [9.17, 15) is 9.59 Å². The molecule has 0 radical (unpaired) electrons. The predicted molar refractivity (Wildman–Crippen MR) is 113 cm³/mol. The van der Waals surface area contributed by atoms with Gasteiger partial charge in [0.25, 0.3) is 0 Å². The van der Waals surface area contributed by atoms with Crippen LogP contribution in [0.4, 0.5) is 5.13 Å². The Labute approximate surface area is 172 Å². The number of carbonyl (C=O) groups excluding carboxylic acids is 2. The molecule has 0 aliphatic rings. The van der Waals surface area contributed by atoms with E-state index in [4.69, 9.17) is 4.74 Å². The summed E-state index contributed by atoms with van der Waals surface area (Å²) in [5.41, 5.74) is 1.44. The van der Waals surface area contributed by atoms with Crippen molar-refractivity contribution in [3.8, 4) is 0 Å². The van der Waals surface area contributed by atoms with Gasteiger partial charge in [0, 0.05) is 4.90 Å². The molecule has 1 heterocycles. The Morgan fingerprint density at radius 3 is 2.39 bits per heavy atom. The standard InChI is InChI=1S/C21H20N2O3S2/c1-3-26-20(25)17-14(2)22-21(28-17)23-19(24)18(15-10-6-4-7-11-15)27-16-12-8-5-9-13-16/h4-13,18H,3H2,1-2H3,(H,22,23,24)/t18-/m0/s1. The van der Waals surface area contributed by atoms with Crippen LogP contribution < -0.4 is 5.32 Å². The Balaban J connectivity index is 1.82. The van der Waals surface area contributed by atoms with Crippen molar-refractivity contribution >= 4 is 40.1 Å². The second kappa shape index (κ2) is 9.52. The number of hydrogen-bond acceptors (Lipinski definition) is 6. The van der Waals surface area contributed by atoms with Gasteiger partial charge in [-0.15, -0.1) is 11.8 Å². The number of rotatable bonds is 7. The fraction of sp³-hybridized carbons (Fsp3) is 0.190. The molecule has 2 aromatic carbocycles. The summed E-state index contributed by atoms with van der Waals surface area (Å²) < 4.78 is 5.04. The number of aromatic nitrogens is 1. The minimum absolute atomic E-state index is 0.191. The minimum atomic E-state index is -0.446. The first-order valence-electron chi connectivity index (χ1n) is 8.80. The zero-order chi connectivity index (χ0) is 19.9. The molecular formula is C21H20N2O3S2. The van der Waals surface area contributed by atoms with Crippen LogP contribution in [0.3, 0.4) is 0 Å². The summed E-state index contributed by atoms with van der Waals surface area (Å²) in [7, 11) is 0. The maximum atomic E-state index is 13.1. The fourth-order valence-electron chi connectivity index (χ4n) is 2.54.